The van der Waals surface area contributed by atoms with Crippen LogP contribution in [0.5, 0.6) is 0 Å². The molecular formula is C27H25Cl2N3. The molecule has 2 aliphatic rings. The Bertz CT molecular complexity index is 1130. The van der Waals surface area contributed by atoms with Crippen LogP contribution in [0.1, 0.15) is 54.1 Å². The van der Waals surface area contributed by atoms with E-state index < -0.39 is 5.41 Å². The van der Waals surface area contributed by atoms with Gasteiger partial charge < -0.3 is 0 Å². The first-order valence-electron chi connectivity index (χ1n) is 11.1. The number of aromatic nitrogens is 1. The smallest absolute Gasteiger partial charge is 0.102 e. The van der Waals surface area contributed by atoms with Crippen molar-refractivity contribution in [2.24, 2.45) is 0 Å². The van der Waals surface area contributed by atoms with E-state index >= 15 is 0 Å². The van der Waals surface area contributed by atoms with Gasteiger partial charge in [-0.05, 0) is 67.5 Å². The summed E-state index contributed by atoms with van der Waals surface area (Å²) in [5, 5.41) is 11.9. The molecule has 2 aliphatic heterocycles. The number of halogens is 2. The van der Waals surface area contributed by atoms with Crippen molar-refractivity contribution in [2.45, 2.75) is 56.1 Å². The zero-order valence-electron chi connectivity index (χ0n) is 18.0. The van der Waals surface area contributed by atoms with Gasteiger partial charge in [0.2, 0.25) is 0 Å². The van der Waals surface area contributed by atoms with Gasteiger partial charge in [0.1, 0.15) is 5.41 Å². The van der Waals surface area contributed by atoms with Gasteiger partial charge in [-0.1, -0.05) is 65.7 Å². The van der Waals surface area contributed by atoms with Gasteiger partial charge in [0.05, 0.1) is 17.8 Å². The lowest BCUT2D eigenvalue weighted by Crippen LogP contribution is -2.51. The normalized spacial score (nSPS) is 25.1. The zero-order valence-corrected chi connectivity index (χ0v) is 19.5. The van der Waals surface area contributed by atoms with Crippen LogP contribution in [0.3, 0.4) is 0 Å². The van der Waals surface area contributed by atoms with Gasteiger partial charge in [0.25, 0.3) is 0 Å². The fourth-order valence-electron chi connectivity index (χ4n) is 5.91. The molecule has 2 unspecified atom stereocenters. The molecule has 0 amide bonds. The van der Waals surface area contributed by atoms with E-state index in [2.05, 4.69) is 41.1 Å². The lowest BCUT2D eigenvalue weighted by Gasteiger charge is -2.47. The van der Waals surface area contributed by atoms with Crippen LogP contribution in [-0.4, -0.2) is 22.0 Å². The van der Waals surface area contributed by atoms with E-state index in [4.69, 9.17) is 23.2 Å². The fourth-order valence-corrected chi connectivity index (χ4v) is 6.39. The second-order valence-electron chi connectivity index (χ2n) is 9.05. The maximum absolute atomic E-state index is 10.4. The van der Waals surface area contributed by atoms with E-state index in [0.717, 1.165) is 58.1 Å². The van der Waals surface area contributed by atoms with Crippen molar-refractivity contribution >= 4 is 23.2 Å². The Balaban J connectivity index is 1.60. The molecule has 2 fully saturated rings. The Morgan fingerprint density at radius 2 is 1.50 bits per heavy atom. The Morgan fingerprint density at radius 3 is 2.00 bits per heavy atom. The summed E-state index contributed by atoms with van der Waals surface area (Å²) >= 11 is 13.4. The minimum atomic E-state index is -0.556. The summed E-state index contributed by atoms with van der Waals surface area (Å²) in [6.45, 7) is 2.06. The molecule has 0 spiro atoms. The van der Waals surface area contributed by atoms with Crippen molar-refractivity contribution in [2.75, 3.05) is 0 Å². The number of hydrogen-bond acceptors (Lipinski definition) is 3. The van der Waals surface area contributed by atoms with Crippen molar-refractivity contribution in [1.29, 1.82) is 5.26 Å². The van der Waals surface area contributed by atoms with E-state index in [9.17, 15) is 5.26 Å². The van der Waals surface area contributed by atoms with Crippen LogP contribution in [0.15, 0.2) is 66.9 Å². The highest BCUT2D eigenvalue weighted by atomic mass is 35.5. The van der Waals surface area contributed by atoms with Gasteiger partial charge >= 0.3 is 0 Å². The van der Waals surface area contributed by atoms with Crippen molar-refractivity contribution in [3.63, 3.8) is 0 Å². The first kappa shape index (κ1) is 21.5. The van der Waals surface area contributed by atoms with Gasteiger partial charge in [-0.25, -0.2) is 0 Å². The van der Waals surface area contributed by atoms with Crippen LogP contribution >= 0.6 is 23.2 Å². The highest BCUT2D eigenvalue weighted by Gasteiger charge is 2.53. The molecule has 2 saturated heterocycles. The second kappa shape index (κ2) is 8.52. The average molecular weight is 462 g/mol. The maximum atomic E-state index is 10.4. The van der Waals surface area contributed by atoms with Crippen molar-refractivity contribution in [1.82, 2.24) is 9.88 Å². The second-order valence-corrected chi connectivity index (χ2v) is 9.86. The number of fused-ring (bicyclic) bond motifs is 2. The summed E-state index contributed by atoms with van der Waals surface area (Å²) in [6, 6.07) is 23.3. The lowest BCUT2D eigenvalue weighted by molar-refractivity contribution is 0.0738. The average Bonchev–Trinajstić information content (AvgIpc) is 3.06. The number of rotatable bonds is 4. The highest BCUT2D eigenvalue weighted by molar-refractivity contribution is 6.32. The topological polar surface area (TPSA) is 39.9 Å². The first-order chi connectivity index (χ1) is 15.5. The summed E-state index contributed by atoms with van der Waals surface area (Å²) in [6.07, 6.45) is 5.47. The summed E-state index contributed by atoms with van der Waals surface area (Å²) in [5.74, 6) is 0. The molecule has 2 atom stereocenters. The van der Waals surface area contributed by atoms with Crippen LogP contribution in [-0.2, 0) is 5.41 Å². The van der Waals surface area contributed by atoms with Gasteiger partial charge in [-0.3, -0.25) is 9.88 Å². The van der Waals surface area contributed by atoms with Crippen LogP contribution in [0.25, 0.3) is 0 Å². The fraction of sp³-hybridized carbons (Fsp3) is 0.333. The monoisotopic (exact) mass is 461 g/mol. The molecule has 3 heterocycles. The molecular weight excluding hydrogens is 437 g/mol. The van der Waals surface area contributed by atoms with Crippen molar-refractivity contribution in [3.05, 3.63) is 99.3 Å². The Morgan fingerprint density at radius 1 is 0.938 bits per heavy atom. The summed E-state index contributed by atoms with van der Waals surface area (Å²) in [7, 11) is 0. The maximum Gasteiger partial charge on any atom is 0.102 e. The third-order valence-electron chi connectivity index (χ3n) is 7.22. The third-order valence-corrected chi connectivity index (χ3v) is 7.91. The van der Waals surface area contributed by atoms with E-state index in [1.807, 2.05) is 48.7 Å². The van der Waals surface area contributed by atoms with Gasteiger partial charge in [-0.2, -0.15) is 5.26 Å². The number of hydrogen-bond donors (Lipinski definition) is 0. The molecule has 1 aromatic heterocycles. The van der Waals surface area contributed by atoms with E-state index in [-0.39, 0.29) is 18.1 Å². The Labute approximate surface area is 199 Å². The summed E-state index contributed by atoms with van der Waals surface area (Å²) in [4.78, 5) is 7.25. The third kappa shape index (κ3) is 3.52. The van der Waals surface area contributed by atoms with Gasteiger partial charge in [-0.15, -0.1) is 0 Å². The minimum absolute atomic E-state index is 0.0450. The number of aryl methyl sites for hydroxylation is 1. The highest BCUT2D eigenvalue weighted by Crippen LogP contribution is 2.52. The molecule has 2 bridgehead atoms. The number of pyridine rings is 1. The van der Waals surface area contributed by atoms with E-state index in [0.29, 0.717) is 0 Å². The summed E-state index contributed by atoms with van der Waals surface area (Å²) in [5.41, 5.74) is 3.61. The molecule has 162 valence electrons. The quantitative estimate of drug-likeness (QED) is 0.425. The summed E-state index contributed by atoms with van der Waals surface area (Å²) < 4.78 is 0. The Hall–Kier alpha value is -2.38. The lowest BCUT2D eigenvalue weighted by atomic mass is 9.71. The van der Waals surface area contributed by atoms with Crippen LogP contribution in [0, 0.1) is 18.3 Å². The Kier molecular flexibility index (Phi) is 5.72. The molecule has 2 aromatic carbocycles. The molecule has 0 saturated carbocycles. The van der Waals surface area contributed by atoms with Crippen molar-refractivity contribution < 1.29 is 0 Å². The molecule has 0 radical (unpaired) electrons. The SMILES string of the molecule is Cc1cccnc1C1(C#N)CC2CCC(C1)N2C(c1ccccc1Cl)c1ccccc1Cl. The number of nitriles is 1. The predicted octanol–water partition coefficient (Wildman–Crippen LogP) is 6.87. The number of nitrogens with zero attached hydrogens (tertiary/aromatic N) is 3. The molecule has 0 N–H and O–H groups in total. The molecule has 5 rings (SSSR count). The first-order valence-corrected chi connectivity index (χ1v) is 11.9. The van der Waals surface area contributed by atoms with Crippen LogP contribution in [0.4, 0.5) is 0 Å². The predicted molar refractivity (Wildman–Crippen MR) is 129 cm³/mol. The van der Waals surface area contributed by atoms with E-state index in [1.165, 1.54) is 0 Å². The molecule has 0 aliphatic carbocycles. The minimum Gasteiger partial charge on any atom is -0.286 e. The molecule has 3 aromatic rings. The van der Waals surface area contributed by atoms with Crippen LogP contribution in [0.2, 0.25) is 10.0 Å². The van der Waals surface area contributed by atoms with Crippen LogP contribution < -0.4 is 0 Å². The van der Waals surface area contributed by atoms with Gasteiger partial charge in [0, 0.05) is 28.3 Å². The molecule has 3 nitrogen and oxygen atoms in total. The molecule has 5 heteroatoms. The zero-order chi connectivity index (χ0) is 22.3. The van der Waals surface area contributed by atoms with Gasteiger partial charge in [0.15, 0.2) is 0 Å². The largest absolute Gasteiger partial charge is 0.286 e. The number of benzene rings is 2. The molecule has 32 heavy (non-hydrogen) atoms. The number of piperidine rings is 1. The van der Waals surface area contributed by atoms with Crippen molar-refractivity contribution in [3.8, 4) is 6.07 Å². The van der Waals surface area contributed by atoms with E-state index in [1.54, 1.807) is 0 Å². The standard InChI is InChI=1S/C27H25Cl2N3/c1-18-7-6-14-31-26(18)27(17-30)15-19-12-13-20(16-27)32(19)25(21-8-2-4-10-23(21)28)22-9-3-5-11-24(22)29/h2-11,14,19-20,25H,12-13,15-16H2,1H3.